The molecule has 1 saturated heterocycles. The highest BCUT2D eigenvalue weighted by molar-refractivity contribution is 6.04. The monoisotopic (exact) mass is 467 g/mol. The van der Waals surface area contributed by atoms with Crippen LogP contribution in [0.4, 0.5) is 18.9 Å². The molecule has 2 heterocycles. The number of amides is 1. The van der Waals surface area contributed by atoms with E-state index < -0.39 is 18.1 Å². The molecule has 6 nitrogen and oxygen atoms in total. The molecule has 1 aliphatic carbocycles. The number of rotatable bonds is 7. The van der Waals surface area contributed by atoms with Crippen LogP contribution in [-0.2, 0) is 9.53 Å². The van der Waals surface area contributed by atoms with Gasteiger partial charge in [-0.25, -0.2) is 0 Å². The van der Waals surface area contributed by atoms with Crippen molar-refractivity contribution in [2.75, 3.05) is 31.7 Å². The van der Waals surface area contributed by atoms with Crippen LogP contribution in [0.2, 0.25) is 0 Å². The van der Waals surface area contributed by atoms with E-state index in [1.165, 1.54) is 0 Å². The molecule has 1 saturated carbocycles. The van der Waals surface area contributed by atoms with Gasteiger partial charge >= 0.3 is 6.18 Å². The molecule has 3 N–H and O–H groups in total. The number of anilines is 1. The van der Waals surface area contributed by atoms with Gasteiger partial charge in [-0.1, -0.05) is 6.92 Å². The van der Waals surface area contributed by atoms with E-state index in [2.05, 4.69) is 22.5 Å². The van der Waals surface area contributed by atoms with Crippen LogP contribution in [0.25, 0.3) is 10.9 Å². The maximum atomic E-state index is 12.6. The van der Waals surface area contributed by atoms with Crippen molar-refractivity contribution in [1.82, 2.24) is 10.3 Å². The first kappa shape index (κ1) is 23.9. The second-order valence-corrected chi connectivity index (χ2v) is 9.94. The number of benzene rings is 1. The maximum Gasteiger partial charge on any atom is 0.401 e. The summed E-state index contributed by atoms with van der Waals surface area (Å²) in [6.45, 7) is 4.33. The lowest BCUT2D eigenvalue weighted by Crippen LogP contribution is -2.49. The molecule has 0 unspecified atom stereocenters. The van der Waals surface area contributed by atoms with Crippen molar-refractivity contribution in [3.63, 3.8) is 0 Å². The third kappa shape index (κ3) is 6.00. The number of ether oxygens (including phenoxy) is 2. The quantitative estimate of drug-likeness (QED) is 0.508. The van der Waals surface area contributed by atoms with E-state index in [-0.39, 0.29) is 17.9 Å². The Kier molecular flexibility index (Phi) is 6.91. The molecule has 33 heavy (non-hydrogen) atoms. The number of alkyl halides is 3. The summed E-state index contributed by atoms with van der Waals surface area (Å²) in [6, 6.07) is 5.50. The Morgan fingerprint density at radius 2 is 2.06 bits per heavy atom. The lowest BCUT2D eigenvalue weighted by molar-refractivity contribution is -0.151. The van der Waals surface area contributed by atoms with E-state index in [4.69, 9.17) is 9.47 Å². The zero-order chi connectivity index (χ0) is 23.6. The Hall–Kier alpha value is -2.26. The number of H-pyrrole nitrogens is 1. The van der Waals surface area contributed by atoms with E-state index >= 15 is 0 Å². The number of carbonyl (C=O) groups excluding carboxylic acids is 1. The molecule has 0 bridgehead atoms. The van der Waals surface area contributed by atoms with E-state index in [1.54, 1.807) is 6.20 Å². The highest BCUT2D eigenvalue weighted by atomic mass is 19.4. The fraction of sp³-hybridized carbons (Fsp3) is 0.625. The number of carbonyl (C=O) groups is 1. The first-order valence-electron chi connectivity index (χ1n) is 11.5. The number of aromatic nitrogens is 1. The van der Waals surface area contributed by atoms with Gasteiger partial charge in [-0.15, -0.1) is 0 Å². The van der Waals surface area contributed by atoms with Gasteiger partial charge in [-0.3, -0.25) is 4.79 Å². The van der Waals surface area contributed by atoms with Gasteiger partial charge in [-0.05, 0) is 62.6 Å². The molecular formula is C24H32F3N3O3. The molecule has 2 aromatic rings. The second-order valence-electron chi connectivity index (χ2n) is 9.94. The topological polar surface area (TPSA) is 75.4 Å². The Balaban J connectivity index is 1.39. The van der Waals surface area contributed by atoms with Gasteiger partial charge in [0.1, 0.15) is 5.75 Å². The van der Waals surface area contributed by atoms with E-state index in [0.29, 0.717) is 43.6 Å². The molecule has 4 rings (SSSR count). The van der Waals surface area contributed by atoms with E-state index in [1.807, 2.05) is 25.1 Å². The van der Waals surface area contributed by atoms with Gasteiger partial charge in [-0.2, -0.15) is 13.2 Å². The van der Waals surface area contributed by atoms with Crippen molar-refractivity contribution in [1.29, 1.82) is 0 Å². The highest BCUT2D eigenvalue weighted by Gasteiger charge is 2.41. The van der Waals surface area contributed by atoms with Crippen molar-refractivity contribution in [3.05, 3.63) is 24.4 Å². The van der Waals surface area contributed by atoms with Crippen LogP contribution >= 0.6 is 0 Å². The second kappa shape index (κ2) is 9.54. The van der Waals surface area contributed by atoms with E-state index in [9.17, 15) is 18.0 Å². The van der Waals surface area contributed by atoms with Gasteiger partial charge in [0, 0.05) is 23.1 Å². The molecule has 1 aliphatic heterocycles. The minimum Gasteiger partial charge on any atom is -0.493 e. The first-order valence-corrected chi connectivity index (χ1v) is 11.5. The Morgan fingerprint density at radius 1 is 1.27 bits per heavy atom. The largest absolute Gasteiger partial charge is 0.493 e. The van der Waals surface area contributed by atoms with Gasteiger partial charge in [0.25, 0.3) is 0 Å². The normalized spacial score (nSPS) is 25.3. The Labute approximate surface area is 191 Å². The fourth-order valence-corrected chi connectivity index (χ4v) is 4.69. The molecule has 2 aliphatic rings. The molecule has 2 fully saturated rings. The van der Waals surface area contributed by atoms with Crippen molar-refractivity contribution >= 4 is 22.5 Å². The molecule has 9 heteroatoms. The van der Waals surface area contributed by atoms with Gasteiger partial charge in [0.15, 0.2) is 0 Å². The van der Waals surface area contributed by atoms with E-state index in [0.717, 1.165) is 30.2 Å². The summed E-state index contributed by atoms with van der Waals surface area (Å²) in [5, 5.41) is 6.52. The summed E-state index contributed by atoms with van der Waals surface area (Å²) in [7, 11) is 0. The predicted octanol–water partition coefficient (Wildman–Crippen LogP) is 4.87. The first-order chi connectivity index (χ1) is 15.6. The van der Waals surface area contributed by atoms with Gasteiger partial charge < -0.3 is 25.1 Å². The average molecular weight is 468 g/mol. The van der Waals surface area contributed by atoms with Crippen molar-refractivity contribution in [2.24, 2.45) is 17.3 Å². The number of fused-ring (bicyclic) bond motifs is 1. The fourth-order valence-electron chi connectivity index (χ4n) is 4.69. The summed E-state index contributed by atoms with van der Waals surface area (Å²) in [4.78, 5) is 15.7. The summed E-state index contributed by atoms with van der Waals surface area (Å²) in [6.07, 6.45) is 0.809. The van der Waals surface area contributed by atoms with Gasteiger partial charge in [0.05, 0.1) is 37.5 Å². The Morgan fingerprint density at radius 3 is 2.76 bits per heavy atom. The summed E-state index contributed by atoms with van der Waals surface area (Å²) in [5.74, 6) is 1.22. The molecule has 3 atom stereocenters. The molecule has 1 aromatic heterocycles. The smallest absolute Gasteiger partial charge is 0.401 e. The molecule has 0 spiro atoms. The summed E-state index contributed by atoms with van der Waals surface area (Å²) < 4.78 is 49.2. The number of halogens is 3. The average Bonchev–Trinajstić information content (AvgIpc) is 3.03. The summed E-state index contributed by atoms with van der Waals surface area (Å²) in [5.41, 5.74) is 1.06. The molecule has 1 amide bonds. The van der Waals surface area contributed by atoms with Crippen LogP contribution in [0, 0.1) is 17.3 Å². The zero-order valence-electron chi connectivity index (χ0n) is 19.1. The third-order valence-corrected chi connectivity index (χ3v) is 6.73. The maximum absolute atomic E-state index is 12.6. The SMILES string of the molecule is C[C@H]1CC[C@@H](NCC(F)(F)F)C[C@@H](COc2ccc3[nH]cc(NC(=O)C4(C)COC4)c3c2)C1. The summed E-state index contributed by atoms with van der Waals surface area (Å²) >= 11 is 0. The van der Waals surface area contributed by atoms with Crippen molar-refractivity contribution < 1.29 is 27.4 Å². The van der Waals surface area contributed by atoms with Crippen LogP contribution in [0.3, 0.4) is 0 Å². The third-order valence-electron chi connectivity index (χ3n) is 6.73. The van der Waals surface area contributed by atoms with Crippen molar-refractivity contribution in [3.8, 4) is 5.75 Å². The zero-order valence-corrected chi connectivity index (χ0v) is 19.1. The van der Waals surface area contributed by atoms with Gasteiger partial charge in [0.2, 0.25) is 5.91 Å². The lowest BCUT2D eigenvalue weighted by atomic mass is 9.87. The molecule has 0 radical (unpaired) electrons. The van der Waals surface area contributed by atoms with Crippen LogP contribution in [0.15, 0.2) is 24.4 Å². The minimum atomic E-state index is -4.20. The van der Waals surface area contributed by atoms with Crippen LogP contribution in [0.5, 0.6) is 5.75 Å². The Bertz CT molecular complexity index is 971. The van der Waals surface area contributed by atoms with Crippen LogP contribution in [-0.4, -0.2) is 49.5 Å². The van der Waals surface area contributed by atoms with Crippen LogP contribution in [0.1, 0.15) is 39.5 Å². The minimum absolute atomic E-state index is 0.0780. The highest BCUT2D eigenvalue weighted by Crippen LogP contribution is 2.33. The van der Waals surface area contributed by atoms with Crippen LogP contribution < -0.4 is 15.4 Å². The predicted molar refractivity (Wildman–Crippen MR) is 120 cm³/mol. The molecule has 182 valence electrons. The standard InChI is InChI=1S/C24H32F3N3O3/c1-15-3-4-17(29-12-24(25,26)27)8-16(7-15)11-33-18-5-6-20-19(9-18)21(10-28-20)30-22(31)23(2)13-32-14-23/h5-6,9-10,15-17,28-29H,3-4,7-8,11-14H2,1-2H3,(H,30,31)/t15-,16-,17+/m0/s1. The number of nitrogens with one attached hydrogen (secondary N) is 3. The number of aromatic amines is 1. The molecular weight excluding hydrogens is 435 g/mol. The number of hydrogen-bond donors (Lipinski definition) is 3. The lowest BCUT2D eigenvalue weighted by Gasteiger charge is -2.36. The van der Waals surface area contributed by atoms with Crippen molar-refractivity contribution in [2.45, 2.75) is 51.7 Å². The molecule has 1 aromatic carbocycles. The number of hydrogen-bond acceptors (Lipinski definition) is 4.